The number of ether oxygens (including phenoxy) is 2. The molecule has 0 bridgehead atoms. The van der Waals surface area contributed by atoms with Crippen molar-refractivity contribution >= 4 is 23.2 Å². The molecule has 142 valence electrons. The highest BCUT2D eigenvalue weighted by Crippen LogP contribution is 2.33. The van der Waals surface area contributed by atoms with Gasteiger partial charge in [-0.3, -0.25) is 0 Å². The quantitative estimate of drug-likeness (QED) is 0.456. The van der Waals surface area contributed by atoms with Crippen molar-refractivity contribution in [3.05, 3.63) is 57.6 Å². The number of unbranched alkanes of at least 4 members (excludes halogenated alkanes) is 3. The summed E-state index contributed by atoms with van der Waals surface area (Å²) in [5.74, 6) is 1.44. The molecule has 0 saturated carbocycles. The Bertz CT molecular complexity index is 671. The average Bonchev–Trinajstić information content (AvgIpc) is 2.64. The predicted octanol–water partition coefficient (Wildman–Crippen LogP) is 6.25. The van der Waals surface area contributed by atoms with Gasteiger partial charge in [0.05, 0.1) is 7.11 Å². The van der Waals surface area contributed by atoms with Gasteiger partial charge < -0.3 is 14.8 Å². The maximum Gasteiger partial charge on any atom is 0.166 e. The second-order valence-corrected chi connectivity index (χ2v) is 6.99. The first kappa shape index (κ1) is 20.9. The van der Waals surface area contributed by atoms with Crippen LogP contribution >= 0.6 is 23.2 Å². The average molecular weight is 396 g/mol. The Kier molecular flexibility index (Phi) is 9.10. The summed E-state index contributed by atoms with van der Waals surface area (Å²) in [6, 6.07) is 11.4. The molecule has 5 heteroatoms. The van der Waals surface area contributed by atoms with E-state index in [-0.39, 0.29) is 0 Å². The molecule has 0 amide bonds. The first-order valence-corrected chi connectivity index (χ1v) is 9.85. The van der Waals surface area contributed by atoms with Crippen molar-refractivity contribution in [1.82, 2.24) is 5.32 Å². The summed E-state index contributed by atoms with van der Waals surface area (Å²) in [6.07, 6.45) is 4.98. The molecule has 3 nitrogen and oxygen atoms in total. The zero-order chi connectivity index (χ0) is 18.8. The highest BCUT2D eigenvalue weighted by molar-refractivity contribution is 6.35. The number of hydrogen-bond donors (Lipinski definition) is 1. The molecule has 0 spiro atoms. The molecule has 2 aromatic carbocycles. The van der Waals surface area contributed by atoms with E-state index in [0.29, 0.717) is 22.4 Å². The Hall–Kier alpha value is -1.42. The third-order valence-corrected chi connectivity index (χ3v) is 4.93. The summed E-state index contributed by atoms with van der Waals surface area (Å²) in [4.78, 5) is 0. The van der Waals surface area contributed by atoms with Crippen LogP contribution < -0.4 is 14.8 Å². The molecular weight excluding hydrogens is 369 g/mol. The molecule has 0 aliphatic carbocycles. The summed E-state index contributed by atoms with van der Waals surface area (Å²) >= 11 is 12.5. The summed E-state index contributed by atoms with van der Waals surface area (Å²) in [5, 5.41) is 4.69. The van der Waals surface area contributed by atoms with Crippen molar-refractivity contribution in [3.63, 3.8) is 0 Å². The van der Waals surface area contributed by atoms with Gasteiger partial charge in [0, 0.05) is 27.7 Å². The van der Waals surface area contributed by atoms with Crippen molar-refractivity contribution in [1.29, 1.82) is 0 Å². The SMILES string of the molecule is CCCCCCNCc1cccc(OC)c1OCc1c(Cl)cccc1Cl. The van der Waals surface area contributed by atoms with E-state index in [9.17, 15) is 0 Å². The van der Waals surface area contributed by atoms with Gasteiger partial charge in [-0.15, -0.1) is 0 Å². The third kappa shape index (κ3) is 6.08. The van der Waals surface area contributed by atoms with E-state index in [4.69, 9.17) is 32.7 Å². The molecule has 0 heterocycles. The molecule has 2 rings (SSSR count). The second kappa shape index (κ2) is 11.3. The van der Waals surface area contributed by atoms with Crippen LogP contribution in [0, 0.1) is 0 Å². The lowest BCUT2D eigenvalue weighted by atomic mass is 10.1. The van der Waals surface area contributed by atoms with E-state index >= 15 is 0 Å². The van der Waals surface area contributed by atoms with Crippen LogP contribution in [0.4, 0.5) is 0 Å². The molecule has 0 saturated heterocycles. The molecule has 0 radical (unpaired) electrons. The molecule has 0 unspecified atom stereocenters. The zero-order valence-electron chi connectivity index (χ0n) is 15.5. The maximum atomic E-state index is 6.25. The highest BCUT2D eigenvalue weighted by Gasteiger charge is 2.13. The van der Waals surface area contributed by atoms with Crippen molar-refractivity contribution in [2.45, 2.75) is 45.8 Å². The topological polar surface area (TPSA) is 30.5 Å². The van der Waals surface area contributed by atoms with Gasteiger partial charge in [-0.25, -0.2) is 0 Å². The number of para-hydroxylation sites is 1. The van der Waals surface area contributed by atoms with Crippen LogP contribution in [0.15, 0.2) is 36.4 Å². The Morgan fingerprint density at radius 3 is 2.38 bits per heavy atom. The Labute approximate surface area is 166 Å². The first-order chi connectivity index (χ1) is 12.7. The normalized spacial score (nSPS) is 10.8. The van der Waals surface area contributed by atoms with Crippen molar-refractivity contribution < 1.29 is 9.47 Å². The monoisotopic (exact) mass is 395 g/mol. The minimum Gasteiger partial charge on any atom is -0.493 e. The van der Waals surface area contributed by atoms with Crippen LogP contribution in [0.3, 0.4) is 0 Å². The van der Waals surface area contributed by atoms with Gasteiger partial charge in [0.1, 0.15) is 6.61 Å². The first-order valence-electron chi connectivity index (χ1n) is 9.09. The highest BCUT2D eigenvalue weighted by atomic mass is 35.5. The molecule has 0 aliphatic rings. The van der Waals surface area contributed by atoms with E-state index in [2.05, 4.69) is 12.2 Å². The van der Waals surface area contributed by atoms with Crippen LogP contribution in [-0.4, -0.2) is 13.7 Å². The molecule has 0 aromatic heterocycles. The van der Waals surface area contributed by atoms with Gasteiger partial charge in [0.25, 0.3) is 0 Å². The van der Waals surface area contributed by atoms with Crippen LogP contribution in [0.25, 0.3) is 0 Å². The Morgan fingerprint density at radius 2 is 1.69 bits per heavy atom. The van der Waals surface area contributed by atoms with Gasteiger partial charge in [-0.1, -0.05) is 67.6 Å². The van der Waals surface area contributed by atoms with Crippen molar-refractivity contribution in [2.24, 2.45) is 0 Å². The zero-order valence-corrected chi connectivity index (χ0v) is 17.0. The third-order valence-electron chi connectivity index (χ3n) is 4.23. The van der Waals surface area contributed by atoms with Gasteiger partial charge in [-0.05, 0) is 31.2 Å². The van der Waals surface area contributed by atoms with Crippen molar-refractivity contribution in [2.75, 3.05) is 13.7 Å². The van der Waals surface area contributed by atoms with Crippen LogP contribution in [0.2, 0.25) is 10.0 Å². The minimum absolute atomic E-state index is 0.294. The molecular formula is C21H27Cl2NO2. The van der Waals surface area contributed by atoms with Gasteiger partial charge >= 0.3 is 0 Å². The number of benzene rings is 2. The van der Waals surface area contributed by atoms with Crippen molar-refractivity contribution in [3.8, 4) is 11.5 Å². The van der Waals surface area contributed by atoms with E-state index in [0.717, 1.165) is 30.0 Å². The van der Waals surface area contributed by atoms with Gasteiger partial charge in [0.2, 0.25) is 0 Å². The van der Waals surface area contributed by atoms with E-state index in [1.54, 1.807) is 7.11 Å². The van der Waals surface area contributed by atoms with E-state index < -0.39 is 0 Å². The lowest BCUT2D eigenvalue weighted by Crippen LogP contribution is -2.15. The fourth-order valence-corrected chi connectivity index (χ4v) is 3.25. The molecule has 0 aliphatic heterocycles. The standard InChI is InChI=1S/C21H27Cl2NO2/c1-3-4-5-6-13-24-14-16-9-7-12-20(25-2)21(16)26-15-17-18(22)10-8-11-19(17)23/h7-12,24H,3-6,13-15H2,1-2H3. The van der Waals surface area contributed by atoms with Gasteiger partial charge in [0.15, 0.2) is 11.5 Å². The molecule has 26 heavy (non-hydrogen) atoms. The number of nitrogens with one attached hydrogen (secondary N) is 1. The summed E-state index contributed by atoms with van der Waals surface area (Å²) in [6.45, 7) is 4.24. The molecule has 0 fully saturated rings. The van der Waals surface area contributed by atoms with Gasteiger partial charge in [-0.2, -0.15) is 0 Å². The van der Waals surface area contributed by atoms with Crippen LogP contribution in [-0.2, 0) is 13.2 Å². The molecule has 2 aromatic rings. The maximum absolute atomic E-state index is 6.25. The lowest BCUT2D eigenvalue weighted by Gasteiger charge is -2.16. The summed E-state index contributed by atoms with van der Waals surface area (Å²) in [7, 11) is 1.65. The number of methoxy groups -OCH3 is 1. The Balaban J connectivity index is 2.03. The van der Waals surface area contributed by atoms with Crippen LogP contribution in [0.1, 0.15) is 43.7 Å². The lowest BCUT2D eigenvalue weighted by molar-refractivity contribution is 0.281. The summed E-state index contributed by atoms with van der Waals surface area (Å²) < 4.78 is 11.5. The Morgan fingerprint density at radius 1 is 0.962 bits per heavy atom. The number of rotatable bonds is 11. The summed E-state index contributed by atoms with van der Waals surface area (Å²) in [5.41, 5.74) is 1.84. The minimum atomic E-state index is 0.294. The largest absolute Gasteiger partial charge is 0.493 e. The molecule has 0 atom stereocenters. The number of halogens is 2. The van der Waals surface area contributed by atoms with E-state index in [1.807, 2.05) is 36.4 Å². The van der Waals surface area contributed by atoms with E-state index in [1.165, 1.54) is 25.7 Å². The fraction of sp³-hybridized carbons (Fsp3) is 0.429. The fourth-order valence-electron chi connectivity index (χ4n) is 2.74. The smallest absolute Gasteiger partial charge is 0.166 e. The number of hydrogen-bond acceptors (Lipinski definition) is 3. The van der Waals surface area contributed by atoms with Crippen LogP contribution in [0.5, 0.6) is 11.5 Å². The second-order valence-electron chi connectivity index (χ2n) is 6.17. The molecule has 1 N–H and O–H groups in total. The predicted molar refractivity (Wildman–Crippen MR) is 110 cm³/mol.